The molecule has 2 saturated heterocycles. The number of aromatic amines is 2. The van der Waals surface area contributed by atoms with E-state index in [4.69, 9.17) is 47.4 Å². The average molecular weight is 1110 g/mol. The first-order valence-corrected chi connectivity index (χ1v) is 25.4. The molecule has 2 aromatic heterocycles. The monoisotopic (exact) mass is 1100 g/mol. The highest BCUT2D eigenvalue weighted by molar-refractivity contribution is 6.05. The molecule has 79 heavy (non-hydrogen) atoms. The molecule has 428 valence electrons. The third kappa shape index (κ3) is 13.7. The van der Waals surface area contributed by atoms with Crippen LogP contribution in [-0.2, 0) is 95.3 Å². The first kappa shape index (κ1) is 60.4. The third-order valence-corrected chi connectivity index (χ3v) is 12.9. The highest BCUT2D eigenvalue weighted by atomic mass is 16.8. The summed E-state index contributed by atoms with van der Waals surface area (Å²) in [6.45, 7) is 21.4. The number of rotatable bonds is 15. The Morgan fingerprint density at radius 1 is 0.481 bits per heavy atom. The molecule has 0 bridgehead atoms. The fraction of sp³-hybridized carbons (Fsp3) is 0.527. The van der Waals surface area contributed by atoms with Gasteiger partial charge in [0.05, 0.1) is 33.2 Å². The van der Waals surface area contributed by atoms with Gasteiger partial charge in [0.15, 0.2) is 36.6 Å². The number of hydrogen-bond donors (Lipinski definition) is 4. The summed E-state index contributed by atoms with van der Waals surface area (Å²) in [6, 6.07) is 10.3. The molecule has 4 heterocycles. The molecule has 4 aromatic rings. The van der Waals surface area contributed by atoms with Gasteiger partial charge in [0.1, 0.15) is 0 Å². The van der Waals surface area contributed by atoms with Crippen LogP contribution in [0.4, 0.5) is 11.4 Å². The molecule has 0 unspecified atom stereocenters. The molecular weight excluding hydrogens is 1040 g/mol. The van der Waals surface area contributed by atoms with E-state index < -0.39 is 132 Å². The lowest BCUT2D eigenvalue weighted by Crippen LogP contribution is -2.64. The zero-order valence-corrected chi connectivity index (χ0v) is 46.7. The number of ether oxygens (including phenoxy) is 10. The number of carbonyl (C=O) groups excluding carboxylic acids is 10. The highest BCUT2D eigenvalue weighted by Crippen LogP contribution is 2.41. The molecule has 0 radical (unpaired) electrons. The Balaban J connectivity index is 1.36. The van der Waals surface area contributed by atoms with E-state index in [9.17, 15) is 47.9 Å². The van der Waals surface area contributed by atoms with Gasteiger partial charge in [-0.25, -0.2) is 0 Å². The smallest absolute Gasteiger partial charge is 0.313 e. The Kier molecular flexibility index (Phi) is 18.4. The minimum atomic E-state index is -1.81. The van der Waals surface area contributed by atoms with Crippen molar-refractivity contribution in [2.45, 2.75) is 178 Å². The SMILES string of the molecule is CCC(c1[nH]c2c(NC(=O)[C@H]3O[C@@H](OC(=O)C(C)(C)C)[C@H](OC(C)=O)[C@@H](OC(C)=O)[C@@H]3OC(C)=O)cccc2c1C)c1[nH]c2c(NC(=O)[C@H]3O[C@@H](OC(=O)C(C)(C)C)[C@H](OC(C)=O)[C@@H](OC(C)=O)[C@@H]3OC(C)=O)cccc2c1C. The predicted molar refractivity (Wildman–Crippen MR) is 277 cm³/mol. The summed E-state index contributed by atoms with van der Waals surface area (Å²) in [5.41, 5.74) is 2.26. The molecule has 2 fully saturated rings. The normalized spacial score (nSPS) is 23.2. The van der Waals surface area contributed by atoms with E-state index >= 15 is 0 Å². The fourth-order valence-corrected chi connectivity index (χ4v) is 9.34. The number of anilines is 2. The average Bonchev–Trinajstić information content (AvgIpc) is 4.07. The van der Waals surface area contributed by atoms with Crippen molar-refractivity contribution in [3.8, 4) is 0 Å². The van der Waals surface area contributed by atoms with Gasteiger partial charge in [0.25, 0.3) is 11.8 Å². The van der Waals surface area contributed by atoms with Crippen LogP contribution in [0.1, 0.15) is 125 Å². The van der Waals surface area contributed by atoms with Crippen LogP contribution in [0.2, 0.25) is 0 Å². The Bertz CT molecular complexity index is 2850. The van der Waals surface area contributed by atoms with Crippen LogP contribution in [-0.4, -0.2) is 131 Å². The number of benzene rings is 2. The van der Waals surface area contributed by atoms with Crippen molar-refractivity contribution in [3.05, 3.63) is 58.9 Å². The topological polar surface area (TPSA) is 319 Å². The Hall–Kier alpha value is -7.86. The van der Waals surface area contributed by atoms with E-state index in [0.29, 0.717) is 28.2 Å². The summed E-state index contributed by atoms with van der Waals surface area (Å²) >= 11 is 0. The summed E-state index contributed by atoms with van der Waals surface area (Å²) in [4.78, 5) is 138. The van der Waals surface area contributed by atoms with E-state index in [1.807, 2.05) is 32.9 Å². The van der Waals surface area contributed by atoms with Crippen LogP contribution in [0.25, 0.3) is 21.8 Å². The van der Waals surface area contributed by atoms with Gasteiger partial charge in [0, 0.05) is 69.6 Å². The number of aryl methyl sites for hydroxylation is 2. The minimum Gasteiger partial charge on any atom is -0.455 e. The van der Waals surface area contributed by atoms with Gasteiger partial charge in [-0.2, -0.15) is 0 Å². The maximum absolute atomic E-state index is 14.6. The largest absolute Gasteiger partial charge is 0.455 e. The standard InChI is InChI=1S/C55H68N4O20/c1-16-31(36-23(2)32-19-17-21-34(38(32)58-36)56-48(66)44-40(70-25(4)60)42(72-27(6)62)46(74-29(8)64)50(76-44)78-52(68)54(10,11)12)37-24(3)33-20-18-22-35(39(33)59-37)57-49(67)45-41(71-26(5)61)43(73-28(7)63)47(75-30(9)65)51(77-45)79-53(69)55(13,14)15/h17-22,31,40-47,50-51,58-59H,16H2,1-15H3,(H,56,66)(H,57,67)/t40-,41-,42-,43-,44-,45-,46+,47+,50-,51-/m0/s1. The lowest BCUT2D eigenvalue weighted by Gasteiger charge is -2.43. The Morgan fingerprint density at radius 3 is 1.08 bits per heavy atom. The molecule has 10 atom stereocenters. The number of fused-ring (bicyclic) bond motifs is 2. The number of para-hydroxylation sites is 2. The fourth-order valence-electron chi connectivity index (χ4n) is 9.34. The van der Waals surface area contributed by atoms with Crippen LogP contribution < -0.4 is 10.6 Å². The lowest BCUT2D eigenvalue weighted by molar-refractivity contribution is -0.292. The quantitative estimate of drug-likeness (QED) is 0.0795. The third-order valence-electron chi connectivity index (χ3n) is 12.9. The zero-order valence-electron chi connectivity index (χ0n) is 46.7. The molecule has 2 aromatic carbocycles. The first-order chi connectivity index (χ1) is 36.8. The van der Waals surface area contributed by atoms with Crippen molar-refractivity contribution in [1.29, 1.82) is 0 Å². The van der Waals surface area contributed by atoms with Crippen LogP contribution in [0.3, 0.4) is 0 Å². The summed E-state index contributed by atoms with van der Waals surface area (Å²) in [5, 5.41) is 7.07. The van der Waals surface area contributed by atoms with Gasteiger partial charge in [-0.05, 0) is 85.1 Å². The van der Waals surface area contributed by atoms with Crippen molar-refractivity contribution < 1.29 is 95.3 Å². The van der Waals surface area contributed by atoms with Crippen molar-refractivity contribution in [2.75, 3.05) is 10.6 Å². The van der Waals surface area contributed by atoms with Gasteiger partial charge < -0.3 is 68.0 Å². The van der Waals surface area contributed by atoms with Crippen molar-refractivity contribution in [2.24, 2.45) is 10.8 Å². The van der Waals surface area contributed by atoms with Gasteiger partial charge in [0.2, 0.25) is 24.8 Å². The van der Waals surface area contributed by atoms with E-state index in [-0.39, 0.29) is 17.3 Å². The van der Waals surface area contributed by atoms with Crippen LogP contribution >= 0.6 is 0 Å². The molecule has 0 saturated carbocycles. The molecule has 2 aliphatic rings. The highest BCUT2D eigenvalue weighted by Gasteiger charge is 2.58. The van der Waals surface area contributed by atoms with Crippen molar-refractivity contribution in [3.63, 3.8) is 0 Å². The van der Waals surface area contributed by atoms with Crippen molar-refractivity contribution >= 4 is 92.7 Å². The van der Waals surface area contributed by atoms with Gasteiger partial charge in [-0.3, -0.25) is 47.9 Å². The van der Waals surface area contributed by atoms with Crippen LogP contribution in [0.5, 0.6) is 0 Å². The van der Waals surface area contributed by atoms with E-state index in [2.05, 4.69) is 20.6 Å². The van der Waals surface area contributed by atoms with Gasteiger partial charge in [-0.1, -0.05) is 31.2 Å². The Labute approximate surface area is 454 Å². The van der Waals surface area contributed by atoms with Crippen LogP contribution in [0, 0.1) is 24.7 Å². The number of hydrogen-bond acceptors (Lipinski definition) is 20. The second-order valence-electron chi connectivity index (χ2n) is 21.3. The number of H-pyrrole nitrogens is 2. The molecule has 2 aliphatic heterocycles. The summed E-state index contributed by atoms with van der Waals surface area (Å²) < 4.78 is 56.5. The summed E-state index contributed by atoms with van der Waals surface area (Å²) in [5.74, 6) is -9.23. The van der Waals surface area contributed by atoms with E-state index in [1.165, 1.54) is 0 Å². The van der Waals surface area contributed by atoms with Gasteiger partial charge >= 0.3 is 47.8 Å². The number of carbonyl (C=O) groups is 10. The van der Waals surface area contributed by atoms with E-state index in [0.717, 1.165) is 64.1 Å². The number of aromatic nitrogens is 2. The molecular formula is C55H68N4O20. The minimum absolute atomic E-state index is 0.243. The molecule has 2 amide bonds. The maximum Gasteiger partial charge on any atom is 0.313 e. The molecule has 6 rings (SSSR count). The van der Waals surface area contributed by atoms with Gasteiger partial charge in [-0.15, -0.1) is 0 Å². The molecule has 24 nitrogen and oxygen atoms in total. The van der Waals surface area contributed by atoms with Crippen LogP contribution in [0.15, 0.2) is 36.4 Å². The zero-order chi connectivity index (χ0) is 58.7. The number of amides is 2. The number of nitrogens with one attached hydrogen (secondary N) is 4. The van der Waals surface area contributed by atoms with Crippen molar-refractivity contribution in [1.82, 2.24) is 9.97 Å². The summed E-state index contributed by atoms with van der Waals surface area (Å²) in [7, 11) is 0. The summed E-state index contributed by atoms with van der Waals surface area (Å²) in [6.07, 6.45) is -16.9. The maximum atomic E-state index is 14.6. The molecule has 24 heteroatoms. The molecule has 0 aliphatic carbocycles. The van der Waals surface area contributed by atoms with E-state index in [1.54, 1.807) is 65.8 Å². The Morgan fingerprint density at radius 2 is 0.785 bits per heavy atom. The second kappa shape index (κ2) is 24.0. The molecule has 4 N–H and O–H groups in total. The lowest BCUT2D eigenvalue weighted by atomic mass is 9.92. The second-order valence-corrected chi connectivity index (χ2v) is 21.3. The number of esters is 8. The molecule has 0 spiro atoms. The first-order valence-electron chi connectivity index (χ1n) is 25.4. The predicted octanol–water partition coefficient (Wildman–Crippen LogP) is 5.90.